The molecule has 1 atom stereocenters. The van der Waals surface area contributed by atoms with Gasteiger partial charge in [-0.05, 0) is 44.5 Å². The minimum atomic E-state index is -0.284. The van der Waals surface area contributed by atoms with Gasteiger partial charge in [-0.15, -0.1) is 0 Å². The van der Waals surface area contributed by atoms with Crippen LogP contribution in [0.4, 0.5) is 4.39 Å². The fourth-order valence-electron chi connectivity index (χ4n) is 1.60. The van der Waals surface area contributed by atoms with Crippen LogP contribution in [0.2, 0.25) is 0 Å². The topological polar surface area (TPSA) is 68.9 Å². The summed E-state index contributed by atoms with van der Waals surface area (Å²) in [6, 6.07) is 5.90. The Morgan fingerprint density at radius 3 is 2.76 bits per heavy atom. The molecule has 0 saturated heterocycles. The standard InChI is InChI=1S/C15H24FN3O2/c1-3-20-10-4-9-18-15(17)19-11-12(2)21-14-7-5-13(16)6-8-14/h5-8,12H,3-4,9-11H2,1-2H3,(H3,17,18,19). The SMILES string of the molecule is CCOCCCNC(N)=NCC(C)Oc1ccc(F)cc1. The Bertz CT molecular complexity index is 423. The van der Waals surface area contributed by atoms with Crippen molar-refractivity contribution >= 4 is 5.96 Å². The first-order valence-electron chi connectivity index (χ1n) is 7.15. The molecule has 0 aliphatic heterocycles. The van der Waals surface area contributed by atoms with Crippen LogP contribution in [-0.2, 0) is 4.74 Å². The Balaban J connectivity index is 2.22. The predicted octanol–water partition coefficient (Wildman–Crippen LogP) is 1.92. The summed E-state index contributed by atoms with van der Waals surface area (Å²) in [5.74, 6) is 0.719. The van der Waals surface area contributed by atoms with Crippen molar-refractivity contribution in [3.63, 3.8) is 0 Å². The molecule has 118 valence electrons. The number of nitrogens with zero attached hydrogens (tertiary/aromatic N) is 1. The molecule has 0 amide bonds. The lowest BCUT2D eigenvalue weighted by molar-refractivity contribution is 0.145. The average Bonchev–Trinajstić information content (AvgIpc) is 2.47. The van der Waals surface area contributed by atoms with Gasteiger partial charge in [0.05, 0.1) is 6.54 Å². The summed E-state index contributed by atoms with van der Waals surface area (Å²) in [5.41, 5.74) is 5.74. The normalized spacial score (nSPS) is 13.0. The number of ether oxygens (including phenoxy) is 2. The third-order valence-electron chi connectivity index (χ3n) is 2.65. The molecule has 1 rings (SSSR count). The van der Waals surface area contributed by atoms with E-state index in [9.17, 15) is 4.39 Å². The van der Waals surface area contributed by atoms with Gasteiger partial charge < -0.3 is 20.5 Å². The van der Waals surface area contributed by atoms with E-state index in [0.717, 1.165) is 19.6 Å². The second kappa shape index (κ2) is 9.99. The van der Waals surface area contributed by atoms with Crippen LogP contribution in [0.3, 0.4) is 0 Å². The fourth-order valence-corrected chi connectivity index (χ4v) is 1.60. The van der Waals surface area contributed by atoms with E-state index in [2.05, 4.69) is 10.3 Å². The third-order valence-corrected chi connectivity index (χ3v) is 2.65. The smallest absolute Gasteiger partial charge is 0.188 e. The molecule has 1 unspecified atom stereocenters. The van der Waals surface area contributed by atoms with Gasteiger partial charge in [-0.3, -0.25) is 0 Å². The van der Waals surface area contributed by atoms with Crippen LogP contribution in [0.1, 0.15) is 20.3 Å². The maximum Gasteiger partial charge on any atom is 0.188 e. The lowest BCUT2D eigenvalue weighted by Gasteiger charge is -2.13. The Hall–Kier alpha value is -1.82. The predicted molar refractivity (Wildman–Crippen MR) is 82.1 cm³/mol. The highest BCUT2D eigenvalue weighted by Gasteiger charge is 2.03. The van der Waals surface area contributed by atoms with Crippen molar-refractivity contribution in [3.05, 3.63) is 30.1 Å². The van der Waals surface area contributed by atoms with E-state index < -0.39 is 0 Å². The molecule has 0 fully saturated rings. The summed E-state index contributed by atoms with van der Waals surface area (Å²) in [6.07, 6.45) is 0.741. The Labute approximate surface area is 125 Å². The van der Waals surface area contributed by atoms with Crippen LogP contribution >= 0.6 is 0 Å². The van der Waals surface area contributed by atoms with Gasteiger partial charge in [0.1, 0.15) is 17.7 Å². The van der Waals surface area contributed by atoms with E-state index >= 15 is 0 Å². The van der Waals surface area contributed by atoms with Gasteiger partial charge in [0.25, 0.3) is 0 Å². The average molecular weight is 297 g/mol. The van der Waals surface area contributed by atoms with E-state index in [1.165, 1.54) is 12.1 Å². The van der Waals surface area contributed by atoms with Crippen molar-refractivity contribution in [2.45, 2.75) is 26.4 Å². The first-order chi connectivity index (χ1) is 10.1. The number of guanidine groups is 1. The van der Waals surface area contributed by atoms with E-state index in [0.29, 0.717) is 24.9 Å². The molecular weight excluding hydrogens is 273 g/mol. The number of rotatable bonds is 9. The second-order valence-electron chi connectivity index (χ2n) is 4.59. The molecule has 0 radical (unpaired) electrons. The molecule has 5 nitrogen and oxygen atoms in total. The monoisotopic (exact) mass is 297 g/mol. The summed E-state index contributed by atoms with van der Waals surface area (Å²) in [7, 11) is 0. The van der Waals surface area contributed by atoms with Crippen molar-refractivity contribution in [2.75, 3.05) is 26.3 Å². The summed E-state index contributed by atoms with van der Waals surface area (Å²) < 4.78 is 23.6. The lowest BCUT2D eigenvalue weighted by Crippen LogP contribution is -2.34. The van der Waals surface area contributed by atoms with Crippen LogP contribution in [-0.4, -0.2) is 38.4 Å². The summed E-state index contributed by atoms with van der Waals surface area (Å²) >= 11 is 0. The van der Waals surface area contributed by atoms with Gasteiger partial charge in [0.2, 0.25) is 0 Å². The molecule has 21 heavy (non-hydrogen) atoms. The van der Waals surface area contributed by atoms with Gasteiger partial charge >= 0.3 is 0 Å². The Morgan fingerprint density at radius 1 is 1.38 bits per heavy atom. The van der Waals surface area contributed by atoms with E-state index in [1.807, 2.05) is 13.8 Å². The zero-order chi connectivity index (χ0) is 15.5. The number of hydrogen-bond donors (Lipinski definition) is 2. The molecule has 1 aromatic carbocycles. The van der Waals surface area contributed by atoms with Crippen LogP contribution < -0.4 is 15.8 Å². The quantitative estimate of drug-likeness (QED) is 0.415. The van der Waals surface area contributed by atoms with Crippen LogP contribution in [0.5, 0.6) is 5.75 Å². The van der Waals surface area contributed by atoms with Crippen molar-refractivity contribution in [1.29, 1.82) is 0 Å². The fraction of sp³-hybridized carbons (Fsp3) is 0.533. The zero-order valence-corrected chi connectivity index (χ0v) is 12.6. The largest absolute Gasteiger partial charge is 0.489 e. The first-order valence-corrected chi connectivity index (χ1v) is 7.15. The van der Waals surface area contributed by atoms with Gasteiger partial charge in [0.15, 0.2) is 5.96 Å². The number of halogens is 1. The Morgan fingerprint density at radius 2 is 2.10 bits per heavy atom. The summed E-state index contributed by atoms with van der Waals surface area (Å²) in [4.78, 5) is 4.20. The lowest BCUT2D eigenvalue weighted by atomic mass is 10.3. The molecule has 1 aromatic rings. The van der Waals surface area contributed by atoms with E-state index in [4.69, 9.17) is 15.2 Å². The number of hydrogen-bond acceptors (Lipinski definition) is 3. The molecular formula is C15H24FN3O2. The number of aliphatic imine (C=N–C) groups is 1. The molecule has 0 heterocycles. The molecule has 0 bridgehead atoms. The van der Waals surface area contributed by atoms with Crippen LogP contribution in [0, 0.1) is 5.82 Å². The Kier molecular flexibility index (Phi) is 8.19. The molecule has 0 aliphatic carbocycles. The van der Waals surface area contributed by atoms with E-state index in [-0.39, 0.29) is 11.9 Å². The van der Waals surface area contributed by atoms with Crippen molar-refractivity contribution in [2.24, 2.45) is 10.7 Å². The maximum atomic E-state index is 12.8. The van der Waals surface area contributed by atoms with Crippen molar-refractivity contribution < 1.29 is 13.9 Å². The zero-order valence-electron chi connectivity index (χ0n) is 12.6. The minimum Gasteiger partial charge on any atom is -0.489 e. The van der Waals surface area contributed by atoms with Crippen LogP contribution in [0.15, 0.2) is 29.3 Å². The molecule has 3 N–H and O–H groups in total. The highest BCUT2D eigenvalue weighted by atomic mass is 19.1. The van der Waals surface area contributed by atoms with Crippen LogP contribution in [0.25, 0.3) is 0 Å². The second-order valence-corrected chi connectivity index (χ2v) is 4.59. The minimum absolute atomic E-state index is 0.140. The molecule has 0 spiro atoms. The van der Waals surface area contributed by atoms with Gasteiger partial charge in [-0.2, -0.15) is 0 Å². The van der Waals surface area contributed by atoms with Crippen molar-refractivity contribution in [1.82, 2.24) is 5.32 Å². The molecule has 0 aromatic heterocycles. The summed E-state index contributed by atoms with van der Waals surface area (Å²) in [5, 5.41) is 3.01. The molecule has 6 heteroatoms. The van der Waals surface area contributed by atoms with Gasteiger partial charge in [-0.1, -0.05) is 0 Å². The van der Waals surface area contributed by atoms with Gasteiger partial charge in [-0.25, -0.2) is 9.38 Å². The summed E-state index contributed by atoms with van der Waals surface area (Å²) in [6.45, 7) is 6.44. The molecule has 0 aliphatic rings. The van der Waals surface area contributed by atoms with E-state index in [1.54, 1.807) is 12.1 Å². The first kappa shape index (κ1) is 17.2. The highest BCUT2D eigenvalue weighted by Crippen LogP contribution is 2.12. The number of nitrogens with one attached hydrogen (secondary N) is 1. The third kappa shape index (κ3) is 8.14. The molecule has 0 saturated carbocycles. The highest BCUT2D eigenvalue weighted by molar-refractivity contribution is 5.77. The van der Waals surface area contributed by atoms with Crippen molar-refractivity contribution in [3.8, 4) is 5.75 Å². The number of benzene rings is 1. The van der Waals surface area contributed by atoms with Gasteiger partial charge in [0, 0.05) is 19.8 Å². The maximum absolute atomic E-state index is 12.8. The number of nitrogens with two attached hydrogens (primary N) is 1.